The lowest BCUT2D eigenvalue weighted by Gasteiger charge is -2.05. The van der Waals surface area contributed by atoms with Crippen molar-refractivity contribution in [1.29, 1.82) is 0 Å². The maximum absolute atomic E-state index is 7.39. The molecule has 0 aromatic carbocycles. The molecule has 1 aliphatic rings. The summed E-state index contributed by atoms with van der Waals surface area (Å²) in [5.74, 6) is 0. The molecule has 0 nitrogen and oxygen atoms in total. The molecule has 1 saturated carbocycles. The minimum Gasteiger partial charge on any atom is -0.0533 e. The number of hydrogen-bond donors (Lipinski definition) is 0. The molecule has 0 atom stereocenters. The zero-order valence-electron chi connectivity index (χ0n) is 15.0. The number of rotatable bonds is 0. The van der Waals surface area contributed by atoms with Gasteiger partial charge in [-0.25, -0.2) is 0 Å². The first-order valence-corrected chi connectivity index (χ1v) is 1.50. The molecule has 0 unspecified atom stereocenters. The molecule has 0 heteroatoms. The van der Waals surface area contributed by atoms with Crippen LogP contribution in [-0.2, 0) is 0 Å². The molecule has 1 fully saturated rings. The molecule has 0 aromatic heterocycles. The second kappa shape index (κ2) is 2.22. The number of hydrogen-bond acceptors (Lipinski definition) is 0. The molecule has 0 spiro atoms. The van der Waals surface area contributed by atoms with Crippen molar-refractivity contribution in [2.45, 2.75) is 38.2 Å². The third-order valence-corrected chi connectivity index (χ3v) is 0.375. The van der Waals surface area contributed by atoms with Crippen LogP contribution in [0.4, 0.5) is 0 Å². The van der Waals surface area contributed by atoms with Crippen LogP contribution in [0.25, 0.3) is 0 Å². The lowest BCUT2D eigenvalue weighted by Crippen LogP contribution is -1.85. The summed E-state index contributed by atoms with van der Waals surface area (Å²) in [6, 6.07) is 0. The molecule has 0 radical (unpaired) electrons. The summed E-state index contributed by atoms with van der Waals surface area (Å²) in [6.45, 7) is 0. The van der Waals surface area contributed by atoms with E-state index >= 15 is 0 Å². The van der Waals surface area contributed by atoms with Crippen LogP contribution in [0.1, 0.15) is 54.7 Å². The van der Waals surface area contributed by atoms with E-state index in [4.69, 9.17) is 16.4 Å². The maximum atomic E-state index is 7.39. The van der Waals surface area contributed by atoms with E-state index in [1.54, 1.807) is 0 Å². The van der Waals surface area contributed by atoms with Gasteiger partial charge in [0.1, 0.15) is 0 Å². The molecule has 0 N–H and O–H groups in total. The van der Waals surface area contributed by atoms with Crippen molar-refractivity contribution in [3.63, 3.8) is 0 Å². The Morgan fingerprint density at radius 2 is 0.833 bits per heavy atom. The average Bonchev–Trinajstić information content (AvgIpc) is 2.14. The van der Waals surface area contributed by atoms with Crippen LogP contribution < -0.4 is 0 Å². The Morgan fingerprint density at radius 1 is 0.667 bits per heavy atom. The molecule has 0 bridgehead atoms. The summed E-state index contributed by atoms with van der Waals surface area (Å²) < 4.78 is 88.7. The lowest BCUT2D eigenvalue weighted by atomic mass is 10.0. The van der Waals surface area contributed by atoms with Crippen molar-refractivity contribution < 1.29 is 16.4 Å². The SMILES string of the molecule is [2H]C1([2H])C([2H])([2H])C([2H])([2H])C([2H])([2H])C([2H])([2H])C1([2H])[2H]. The van der Waals surface area contributed by atoms with E-state index in [1.807, 2.05) is 0 Å². The quantitative estimate of drug-likeness (QED) is 0.434. The lowest BCUT2D eigenvalue weighted by molar-refractivity contribution is 0.504. The Morgan fingerprint density at radius 3 is 1.00 bits per heavy atom. The van der Waals surface area contributed by atoms with Gasteiger partial charge in [-0.05, 0) is 0 Å². The highest BCUT2D eigenvalue weighted by atomic mass is 14.0. The molecule has 1 aliphatic carbocycles. The normalized spacial score (nSPS) is 104. The van der Waals surface area contributed by atoms with Crippen LogP contribution in [0.2, 0.25) is 0 Å². The van der Waals surface area contributed by atoms with Crippen molar-refractivity contribution >= 4 is 0 Å². The van der Waals surface area contributed by atoms with Gasteiger partial charge < -0.3 is 0 Å². The van der Waals surface area contributed by atoms with Gasteiger partial charge in [0, 0.05) is 16.4 Å². The summed E-state index contributed by atoms with van der Waals surface area (Å²) in [7, 11) is 0. The minimum absolute atomic E-state index is 3.53. The molecule has 0 amide bonds. The monoisotopic (exact) mass is 96.2 g/mol. The fourth-order valence-electron chi connectivity index (χ4n) is 0.188. The van der Waals surface area contributed by atoms with E-state index in [0.717, 1.165) is 0 Å². The fourth-order valence-corrected chi connectivity index (χ4v) is 0.188. The summed E-state index contributed by atoms with van der Waals surface area (Å²) in [5, 5.41) is 0. The summed E-state index contributed by atoms with van der Waals surface area (Å²) in [6.07, 6.45) is -21.2. The van der Waals surface area contributed by atoms with Gasteiger partial charge in [-0.15, -0.1) is 0 Å². The standard InChI is InChI=1S/C6H12/c1-2-4-6-5-3-1/h1-6H2/i1D2,2D2,3D2,4D2,5D2,6D2. The summed E-state index contributed by atoms with van der Waals surface area (Å²) in [5.41, 5.74) is 0. The Hall–Kier alpha value is 0. The zero-order chi connectivity index (χ0) is 15.0. The fraction of sp³-hybridized carbons (Fsp3) is 1.00. The summed E-state index contributed by atoms with van der Waals surface area (Å²) in [4.78, 5) is 0. The third-order valence-electron chi connectivity index (χ3n) is 0.375. The average molecular weight is 96.2 g/mol. The zero-order valence-corrected chi connectivity index (χ0v) is 3.00. The van der Waals surface area contributed by atoms with E-state index < -0.39 is 38.2 Å². The first kappa shape index (κ1) is 0.463. The van der Waals surface area contributed by atoms with Gasteiger partial charge in [-0.3, -0.25) is 0 Å². The molecule has 6 heavy (non-hydrogen) atoms. The summed E-state index contributed by atoms with van der Waals surface area (Å²) >= 11 is 0. The molecular weight excluding hydrogens is 72.1 g/mol. The molecule has 0 aromatic rings. The van der Waals surface area contributed by atoms with Gasteiger partial charge in [0.15, 0.2) is 0 Å². The van der Waals surface area contributed by atoms with E-state index in [9.17, 15) is 0 Å². The Kier molecular flexibility index (Phi) is 0.171. The maximum Gasteiger partial charge on any atom is 0.0267 e. The third kappa shape index (κ3) is 1.00. The van der Waals surface area contributed by atoms with Crippen LogP contribution in [-0.4, -0.2) is 0 Å². The van der Waals surface area contributed by atoms with Crippen molar-refractivity contribution in [2.24, 2.45) is 0 Å². The second-order valence-corrected chi connectivity index (χ2v) is 0.750. The van der Waals surface area contributed by atoms with E-state index in [2.05, 4.69) is 0 Å². The first-order chi connectivity index (χ1) is 7.50. The van der Waals surface area contributed by atoms with Crippen LogP contribution in [0.3, 0.4) is 0 Å². The highest BCUT2D eigenvalue weighted by Gasteiger charge is 1.95. The van der Waals surface area contributed by atoms with Crippen LogP contribution in [0.5, 0.6) is 0 Å². The van der Waals surface area contributed by atoms with Gasteiger partial charge in [0.25, 0.3) is 0 Å². The van der Waals surface area contributed by atoms with Gasteiger partial charge in [-0.1, -0.05) is 38.2 Å². The smallest absolute Gasteiger partial charge is 0.0267 e. The molecule has 0 saturated heterocycles. The van der Waals surface area contributed by atoms with Crippen molar-refractivity contribution in [2.75, 3.05) is 0 Å². The Bertz CT molecular complexity index is 248. The minimum atomic E-state index is -3.53. The van der Waals surface area contributed by atoms with Crippen LogP contribution in [0, 0.1) is 0 Å². The van der Waals surface area contributed by atoms with Gasteiger partial charge in [0.2, 0.25) is 0 Å². The highest BCUT2D eigenvalue weighted by Crippen LogP contribution is 2.15. The van der Waals surface area contributed by atoms with Crippen LogP contribution in [0.15, 0.2) is 0 Å². The van der Waals surface area contributed by atoms with Crippen molar-refractivity contribution in [3.05, 3.63) is 0 Å². The van der Waals surface area contributed by atoms with Crippen LogP contribution >= 0.6 is 0 Å². The van der Waals surface area contributed by atoms with Crippen molar-refractivity contribution in [3.8, 4) is 0 Å². The van der Waals surface area contributed by atoms with E-state index in [-0.39, 0.29) is 0 Å². The predicted molar refractivity (Wildman–Crippen MR) is 27.7 cm³/mol. The Labute approximate surface area is 56.4 Å². The van der Waals surface area contributed by atoms with Gasteiger partial charge in [-0.2, -0.15) is 0 Å². The molecule has 1 rings (SSSR count). The molecule has 0 heterocycles. The predicted octanol–water partition coefficient (Wildman–Crippen LogP) is 2.34. The molecular formula is C6H12. The van der Waals surface area contributed by atoms with Gasteiger partial charge >= 0.3 is 0 Å². The Balaban J connectivity index is 3.72. The van der Waals surface area contributed by atoms with Gasteiger partial charge in [0.05, 0.1) is 0 Å². The molecule has 36 valence electrons. The molecule has 0 aliphatic heterocycles. The topological polar surface area (TPSA) is 0 Å². The van der Waals surface area contributed by atoms with E-state index in [1.165, 1.54) is 0 Å². The second-order valence-electron chi connectivity index (χ2n) is 0.750. The van der Waals surface area contributed by atoms with E-state index in [0.29, 0.717) is 0 Å². The first-order valence-electron chi connectivity index (χ1n) is 7.50. The largest absolute Gasteiger partial charge is 0.0533 e. The highest BCUT2D eigenvalue weighted by molar-refractivity contribution is 4.51. The van der Waals surface area contributed by atoms with Crippen molar-refractivity contribution in [1.82, 2.24) is 0 Å².